The van der Waals surface area contributed by atoms with E-state index in [2.05, 4.69) is 40.7 Å². The number of benzene rings is 2. The highest BCUT2D eigenvalue weighted by atomic mass is 32.2. The van der Waals surface area contributed by atoms with Gasteiger partial charge in [0.15, 0.2) is 5.11 Å². The molecule has 5 rings (SSSR count). The second kappa shape index (κ2) is 9.84. The summed E-state index contributed by atoms with van der Waals surface area (Å²) in [7, 11) is 0. The number of nitrogens with one attached hydrogen (secondary N) is 1. The van der Waals surface area contributed by atoms with Gasteiger partial charge in [0.05, 0.1) is 11.3 Å². The largest absolute Gasteiger partial charge is 0.348 e. The van der Waals surface area contributed by atoms with E-state index in [1.165, 1.54) is 4.90 Å². The molecule has 3 aromatic rings. The standard InChI is InChI=1S/C27H30N4OS2/c1-34-22-10-8-21(9-11-22)28-26(33)31-19-14-27(20-31)12-17-30(18-13-27)25(32)23-6-2-3-7-24(23)29-15-4-5-16-29/h2-11,15-16H,12-14,17-20H2,1H3,(H,28,33). The Hall–Kier alpha value is -2.77. The van der Waals surface area contributed by atoms with Crippen molar-refractivity contribution in [1.29, 1.82) is 0 Å². The number of para-hydroxylation sites is 1. The van der Waals surface area contributed by atoms with Gasteiger partial charge in [-0.3, -0.25) is 4.79 Å². The van der Waals surface area contributed by atoms with Crippen molar-refractivity contribution < 1.29 is 4.79 Å². The highest BCUT2D eigenvalue weighted by Gasteiger charge is 2.42. The van der Waals surface area contributed by atoms with Crippen molar-refractivity contribution in [3.8, 4) is 5.69 Å². The van der Waals surface area contributed by atoms with Gasteiger partial charge in [0.1, 0.15) is 0 Å². The number of carbonyl (C=O) groups is 1. The summed E-state index contributed by atoms with van der Waals surface area (Å²) in [5.74, 6) is 0.125. The molecule has 2 saturated heterocycles. The molecule has 2 aliphatic rings. The molecular weight excluding hydrogens is 460 g/mol. The van der Waals surface area contributed by atoms with Crippen molar-refractivity contribution >= 4 is 40.7 Å². The maximum absolute atomic E-state index is 13.4. The average Bonchev–Trinajstić information content (AvgIpc) is 3.56. The molecule has 0 radical (unpaired) electrons. The lowest BCUT2D eigenvalue weighted by atomic mass is 9.77. The number of likely N-dealkylation sites (tertiary alicyclic amines) is 2. The molecule has 1 N–H and O–H groups in total. The summed E-state index contributed by atoms with van der Waals surface area (Å²) >= 11 is 7.47. The lowest BCUT2D eigenvalue weighted by molar-refractivity contribution is 0.0599. The number of thioether (sulfide) groups is 1. The number of piperidine rings is 1. The molecule has 7 heteroatoms. The molecular formula is C27H30N4OS2. The molecule has 2 fully saturated rings. The van der Waals surface area contributed by atoms with Gasteiger partial charge in [-0.05, 0) is 91.7 Å². The van der Waals surface area contributed by atoms with E-state index in [9.17, 15) is 4.79 Å². The SMILES string of the molecule is CSc1ccc(NC(=S)N2CCC3(CCN(C(=O)c4ccccc4-n4cccc4)CC3)C2)cc1. The quantitative estimate of drug-likeness (QED) is 0.385. The van der Waals surface area contributed by atoms with Crippen LogP contribution in [0.4, 0.5) is 5.69 Å². The van der Waals surface area contributed by atoms with Crippen LogP contribution in [-0.4, -0.2) is 57.8 Å². The topological polar surface area (TPSA) is 40.5 Å². The summed E-state index contributed by atoms with van der Waals surface area (Å²) in [6, 6.07) is 20.2. The third-order valence-corrected chi connectivity index (χ3v) is 8.30. The molecule has 0 atom stereocenters. The van der Waals surface area contributed by atoms with Gasteiger partial charge in [0.2, 0.25) is 0 Å². The minimum Gasteiger partial charge on any atom is -0.348 e. The number of hydrogen-bond acceptors (Lipinski definition) is 3. The van der Waals surface area contributed by atoms with Gasteiger partial charge < -0.3 is 19.7 Å². The number of hydrogen-bond donors (Lipinski definition) is 1. The first kappa shape index (κ1) is 23.0. The predicted molar refractivity (Wildman–Crippen MR) is 144 cm³/mol. The zero-order chi connectivity index (χ0) is 23.5. The molecule has 2 aromatic carbocycles. The van der Waals surface area contributed by atoms with E-state index in [1.807, 2.05) is 58.3 Å². The van der Waals surface area contributed by atoms with Crippen molar-refractivity contribution in [1.82, 2.24) is 14.4 Å². The Balaban J connectivity index is 1.19. The van der Waals surface area contributed by atoms with Crippen LogP contribution in [0.5, 0.6) is 0 Å². The van der Waals surface area contributed by atoms with Crippen LogP contribution in [0.3, 0.4) is 0 Å². The maximum Gasteiger partial charge on any atom is 0.255 e. The van der Waals surface area contributed by atoms with Gasteiger partial charge in [0.25, 0.3) is 5.91 Å². The van der Waals surface area contributed by atoms with Crippen LogP contribution in [0.15, 0.2) is 78.0 Å². The maximum atomic E-state index is 13.4. The Bertz CT molecular complexity index is 1150. The van der Waals surface area contributed by atoms with Crippen LogP contribution in [0, 0.1) is 5.41 Å². The Labute approximate surface area is 211 Å². The van der Waals surface area contributed by atoms with Crippen LogP contribution in [-0.2, 0) is 0 Å². The number of carbonyl (C=O) groups excluding carboxylic acids is 1. The van der Waals surface area contributed by atoms with Crippen LogP contribution in [0.25, 0.3) is 5.69 Å². The fourth-order valence-corrected chi connectivity index (χ4v) is 5.80. The molecule has 1 amide bonds. The third-order valence-electron chi connectivity index (χ3n) is 7.20. The van der Waals surface area contributed by atoms with E-state index in [1.54, 1.807) is 11.8 Å². The van der Waals surface area contributed by atoms with Gasteiger partial charge in [-0.2, -0.15) is 0 Å². The summed E-state index contributed by atoms with van der Waals surface area (Å²) in [6.07, 6.45) is 9.22. The fourth-order valence-electron chi connectivity index (χ4n) is 5.12. The third kappa shape index (κ3) is 4.72. The smallest absolute Gasteiger partial charge is 0.255 e. The number of rotatable bonds is 4. The van der Waals surface area contributed by atoms with E-state index >= 15 is 0 Å². The lowest BCUT2D eigenvalue weighted by Gasteiger charge is -2.39. The van der Waals surface area contributed by atoms with Crippen LogP contribution >= 0.6 is 24.0 Å². The summed E-state index contributed by atoms with van der Waals surface area (Å²) in [5, 5.41) is 4.21. The first-order valence-corrected chi connectivity index (χ1v) is 13.4. The molecule has 5 nitrogen and oxygen atoms in total. The van der Waals surface area contributed by atoms with E-state index in [4.69, 9.17) is 12.2 Å². The van der Waals surface area contributed by atoms with E-state index in [0.29, 0.717) is 0 Å². The summed E-state index contributed by atoms with van der Waals surface area (Å²) < 4.78 is 2.01. The molecule has 0 saturated carbocycles. The van der Waals surface area contributed by atoms with Crippen molar-refractivity contribution in [2.45, 2.75) is 24.2 Å². The Morgan fingerprint density at radius 1 is 0.912 bits per heavy atom. The molecule has 1 spiro atoms. The summed E-state index contributed by atoms with van der Waals surface area (Å²) in [4.78, 5) is 19.0. The van der Waals surface area contributed by atoms with Crippen LogP contribution < -0.4 is 5.32 Å². The first-order chi connectivity index (χ1) is 16.6. The normalized spacial score (nSPS) is 17.2. The number of anilines is 1. The zero-order valence-electron chi connectivity index (χ0n) is 19.4. The van der Waals surface area contributed by atoms with Crippen molar-refractivity contribution in [2.24, 2.45) is 5.41 Å². The molecule has 34 heavy (non-hydrogen) atoms. The number of nitrogens with zero attached hydrogens (tertiary/aromatic N) is 3. The molecule has 2 aliphatic heterocycles. The van der Waals surface area contributed by atoms with Gasteiger partial charge >= 0.3 is 0 Å². The lowest BCUT2D eigenvalue weighted by Crippen LogP contribution is -2.45. The van der Waals surface area contributed by atoms with E-state index in [0.717, 1.165) is 67.5 Å². The Morgan fingerprint density at radius 2 is 1.56 bits per heavy atom. The Kier molecular flexibility index (Phi) is 6.66. The number of aromatic nitrogens is 1. The summed E-state index contributed by atoms with van der Waals surface area (Å²) in [5.41, 5.74) is 2.98. The molecule has 0 bridgehead atoms. The fraction of sp³-hybridized carbons (Fsp3) is 0.333. The molecule has 1 aromatic heterocycles. The Morgan fingerprint density at radius 3 is 2.24 bits per heavy atom. The summed E-state index contributed by atoms with van der Waals surface area (Å²) in [6.45, 7) is 3.52. The monoisotopic (exact) mass is 490 g/mol. The van der Waals surface area contributed by atoms with Gasteiger partial charge in [-0.25, -0.2) is 0 Å². The number of amides is 1. The zero-order valence-corrected chi connectivity index (χ0v) is 21.1. The minimum atomic E-state index is 0.125. The van der Waals surface area contributed by atoms with Crippen molar-refractivity contribution in [3.63, 3.8) is 0 Å². The number of thiocarbonyl (C=S) groups is 1. The predicted octanol–water partition coefficient (Wildman–Crippen LogP) is 5.52. The second-order valence-corrected chi connectivity index (χ2v) is 10.5. The average molecular weight is 491 g/mol. The van der Waals surface area contributed by atoms with Crippen molar-refractivity contribution in [2.75, 3.05) is 37.8 Å². The molecule has 0 unspecified atom stereocenters. The van der Waals surface area contributed by atoms with Gasteiger partial charge in [-0.15, -0.1) is 11.8 Å². The van der Waals surface area contributed by atoms with Gasteiger partial charge in [0, 0.05) is 49.2 Å². The first-order valence-electron chi connectivity index (χ1n) is 11.8. The van der Waals surface area contributed by atoms with Crippen molar-refractivity contribution in [3.05, 3.63) is 78.6 Å². The molecule has 3 heterocycles. The molecule has 176 valence electrons. The van der Waals surface area contributed by atoms with Gasteiger partial charge in [-0.1, -0.05) is 12.1 Å². The van der Waals surface area contributed by atoms with E-state index < -0.39 is 0 Å². The minimum absolute atomic E-state index is 0.125. The van der Waals surface area contributed by atoms with E-state index in [-0.39, 0.29) is 11.3 Å². The van der Waals surface area contributed by atoms with Crippen LogP contribution in [0.1, 0.15) is 29.6 Å². The highest BCUT2D eigenvalue weighted by Crippen LogP contribution is 2.41. The van der Waals surface area contributed by atoms with Crippen LogP contribution in [0.2, 0.25) is 0 Å². The highest BCUT2D eigenvalue weighted by molar-refractivity contribution is 7.98. The second-order valence-electron chi connectivity index (χ2n) is 9.23. The molecule has 0 aliphatic carbocycles.